The van der Waals surface area contributed by atoms with Gasteiger partial charge in [0.2, 0.25) is 0 Å². The number of aliphatic hydroxyl groups excluding tert-OH is 1. The molecule has 0 radical (unpaired) electrons. The summed E-state index contributed by atoms with van der Waals surface area (Å²) in [6.45, 7) is 8.84. The largest absolute Gasteiger partial charge is 0.512 e. The second-order valence-electron chi connectivity index (χ2n) is 9.94. The molecule has 2 aliphatic carbocycles. The molecule has 0 saturated heterocycles. The van der Waals surface area contributed by atoms with Crippen molar-refractivity contribution in [1.29, 1.82) is 0 Å². The van der Waals surface area contributed by atoms with Crippen LogP contribution in [0, 0.1) is 6.92 Å². The Morgan fingerprint density at radius 3 is 2.00 bits per heavy atom. The highest BCUT2D eigenvalue weighted by Gasteiger charge is 2.34. The first-order valence-corrected chi connectivity index (χ1v) is 11.9. The van der Waals surface area contributed by atoms with Crippen molar-refractivity contribution >= 4 is 0 Å². The van der Waals surface area contributed by atoms with Gasteiger partial charge in [0, 0.05) is 17.3 Å². The first kappa shape index (κ1) is 23.6. The minimum Gasteiger partial charge on any atom is -0.512 e. The fraction of sp³-hybridized carbons (Fsp3) is 0.250. The molecule has 1 unspecified atom stereocenters. The third-order valence-corrected chi connectivity index (χ3v) is 7.29. The van der Waals surface area contributed by atoms with E-state index in [4.69, 9.17) is 0 Å². The smallest absolute Gasteiger partial charge is 0.115 e. The molecule has 2 aromatic carbocycles. The van der Waals surface area contributed by atoms with Gasteiger partial charge in [0.25, 0.3) is 0 Å². The molecular weight excluding hydrogens is 416 g/mol. The van der Waals surface area contributed by atoms with Gasteiger partial charge in [-0.3, -0.25) is 0 Å². The highest BCUT2D eigenvalue weighted by atomic mass is 16.3. The zero-order valence-electron chi connectivity index (χ0n) is 20.5. The molecule has 0 aliphatic heterocycles. The summed E-state index contributed by atoms with van der Waals surface area (Å²) in [5.74, 6) is 0.662. The zero-order chi connectivity index (χ0) is 24.3. The third kappa shape index (κ3) is 4.59. The van der Waals surface area contributed by atoms with E-state index in [1.165, 1.54) is 27.8 Å². The molecule has 2 aromatic rings. The lowest BCUT2D eigenvalue weighted by Gasteiger charge is -2.34. The van der Waals surface area contributed by atoms with E-state index in [-0.39, 0.29) is 16.6 Å². The molecule has 0 fully saturated rings. The summed E-state index contributed by atoms with van der Waals surface area (Å²) >= 11 is 0. The molecule has 0 aromatic heterocycles. The Kier molecular flexibility index (Phi) is 6.52. The molecule has 0 amide bonds. The van der Waals surface area contributed by atoms with Gasteiger partial charge in [0.05, 0.1) is 5.76 Å². The van der Waals surface area contributed by atoms with Crippen LogP contribution in [0.4, 0.5) is 0 Å². The molecule has 2 N–H and O–H groups in total. The summed E-state index contributed by atoms with van der Waals surface area (Å²) in [4.78, 5) is 0. The minimum absolute atomic E-state index is 0.191. The lowest BCUT2D eigenvalue weighted by molar-refractivity contribution is 0.402. The van der Waals surface area contributed by atoms with Crippen molar-refractivity contribution in [2.45, 2.75) is 51.4 Å². The fourth-order valence-corrected chi connectivity index (χ4v) is 4.84. The summed E-state index contributed by atoms with van der Waals surface area (Å²) in [6.07, 6.45) is 18.5. The van der Waals surface area contributed by atoms with Crippen LogP contribution in [0.2, 0.25) is 0 Å². The van der Waals surface area contributed by atoms with Gasteiger partial charge >= 0.3 is 0 Å². The summed E-state index contributed by atoms with van der Waals surface area (Å²) in [5, 5.41) is 19.8. The molecule has 2 nitrogen and oxygen atoms in total. The van der Waals surface area contributed by atoms with Gasteiger partial charge in [0.1, 0.15) is 5.75 Å². The number of hydrogen-bond acceptors (Lipinski definition) is 2. The third-order valence-electron chi connectivity index (χ3n) is 7.29. The number of phenols is 1. The van der Waals surface area contributed by atoms with Gasteiger partial charge < -0.3 is 10.2 Å². The Balaban J connectivity index is 1.76. The number of aliphatic hydroxyl groups is 1. The van der Waals surface area contributed by atoms with Crippen LogP contribution in [-0.4, -0.2) is 10.2 Å². The van der Waals surface area contributed by atoms with Gasteiger partial charge in [-0.05, 0) is 66.3 Å². The standard InChI is InChI=1S/C32H34O2/c1-23-11-13-28(14-12-23)32(4,27-9-6-10-29(33)22-19-27)26-8-5-7-24(15-16-26)31(2,3)25-17-20-30(34)21-18-25/h6-9,11-22,33-34H,5,10H2,1-4H3. The summed E-state index contributed by atoms with van der Waals surface area (Å²) < 4.78 is 0. The van der Waals surface area contributed by atoms with Crippen LogP contribution in [0.25, 0.3) is 0 Å². The highest BCUT2D eigenvalue weighted by molar-refractivity contribution is 5.57. The topological polar surface area (TPSA) is 40.5 Å². The molecule has 0 bridgehead atoms. The maximum absolute atomic E-state index is 10.1. The van der Waals surface area contributed by atoms with Crippen LogP contribution < -0.4 is 0 Å². The second-order valence-corrected chi connectivity index (χ2v) is 9.94. The van der Waals surface area contributed by atoms with Crippen molar-refractivity contribution in [3.63, 3.8) is 0 Å². The minimum atomic E-state index is -0.367. The molecule has 2 heteroatoms. The van der Waals surface area contributed by atoms with Gasteiger partial charge in [-0.25, -0.2) is 0 Å². The predicted octanol–water partition coefficient (Wildman–Crippen LogP) is 8.08. The number of hydrogen-bond donors (Lipinski definition) is 2. The van der Waals surface area contributed by atoms with Gasteiger partial charge in [0.15, 0.2) is 0 Å². The average Bonchev–Trinajstić information content (AvgIpc) is 3.21. The maximum Gasteiger partial charge on any atom is 0.115 e. The van der Waals surface area contributed by atoms with E-state index in [9.17, 15) is 10.2 Å². The van der Waals surface area contributed by atoms with Crippen LogP contribution in [0.5, 0.6) is 5.75 Å². The van der Waals surface area contributed by atoms with E-state index < -0.39 is 0 Å². The fourth-order valence-electron chi connectivity index (χ4n) is 4.84. The molecule has 174 valence electrons. The molecule has 2 aliphatic rings. The zero-order valence-corrected chi connectivity index (χ0v) is 20.5. The molecule has 1 atom stereocenters. The van der Waals surface area contributed by atoms with Crippen LogP contribution in [0.15, 0.2) is 120 Å². The number of rotatable bonds is 5. The number of phenolic OH excluding ortho intramolecular Hbond substituents is 1. The van der Waals surface area contributed by atoms with Crippen molar-refractivity contribution in [3.05, 3.63) is 136 Å². The predicted molar refractivity (Wildman–Crippen MR) is 142 cm³/mol. The van der Waals surface area contributed by atoms with Gasteiger partial charge in [-0.2, -0.15) is 0 Å². The highest BCUT2D eigenvalue weighted by Crippen LogP contribution is 2.43. The van der Waals surface area contributed by atoms with Crippen molar-refractivity contribution < 1.29 is 10.2 Å². The van der Waals surface area contributed by atoms with E-state index in [1.807, 2.05) is 30.4 Å². The van der Waals surface area contributed by atoms with Crippen LogP contribution in [-0.2, 0) is 10.8 Å². The second kappa shape index (κ2) is 9.38. The van der Waals surface area contributed by atoms with Gasteiger partial charge in [-0.1, -0.05) is 98.3 Å². The first-order valence-electron chi connectivity index (χ1n) is 11.9. The lowest BCUT2D eigenvalue weighted by atomic mass is 9.69. The quantitative estimate of drug-likeness (QED) is 0.483. The Morgan fingerprint density at radius 2 is 1.29 bits per heavy atom. The molecular formula is C32H34O2. The van der Waals surface area contributed by atoms with Crippen LogP contribution in [0.1, 0.15) is 50.3 Å². The van der Waals surface area contributed by atoms with Gasteiger partial charge in [-0.15, -0.1) is 0 Å². The Hall–Kier alpha value is -3.52. The average molecular weight is 451 g/mol. The Labute approximate surface area is 203 Å². The van der Waals surface area contributed by atoms with E-state index in [2.05, 4.69) is 82.3 Å². The number of aromatic hydroxyl groups is 1. The molecule has 0 heterocycles. The molecule has 0 spiro atoms. The van der Waals surface area contributed by atoms with E-state index >= 15 is 0 Å². The van der Waals surface area contributed by atoms with E-state index in [1.54, 1.807) is 12.1 Å². The van der Waals surface area contributed by atoms with Crippen molar-refractivity contribution in [2.24, 2.45) is 0 Å². The summed E-state index contributed by atoms with van der Waals surface area (Å²) in [7, 11) is 0. The van der Waals surface area contributed by atoms with Crippen molar-refractivity contribution in [2.75, 3.05) is 0 Å². The number of benzene rings is 2. The van der Waals surface area contributed by atoms with Crippen LogP contribution in [0.3, 0.4) is 0 Å². The Morgan fingerprint density at radius 1 is 0.676 bits per heavy atom. The van der Waals surface area contributed by atoms with Crippen molar-refractivity contribution in [1.82, 2.24) is 0 Å². The normalized spacial score (nSPS) is 18.1. The summed E-state index contributed by atoms with van der Waals surface area (Å²) in [5.41, 5.74) is 6.70. The SMILES string of the molecule is Cc1ccc(C(C)(C2=CC=C(O)CC=C2)C2=CCC=C(C(C)(C)c3ccc(O)cc3)C=C2)cc1. The Bertz CT molecular complexity index is 1230. The summed E-state index contributed by atoms with van der Waals surface area (Å²) in [6, 6.07) is 16.3. The lowest BCUT2D eigenvalue weighted by Crippen LogP contribution is -2.26. The first-order chi connectivity index (χ1) is 16.2. The van der Waals surface area contributed by atoms with E-state index in [0.29, 0.717) is 12.2 Å². The molecule has 0 saturated carbocycles. The van der Waals surface area contributed by atoms with E-state index in [0.717, 1.165) is 12.0 Å². The molecule has 4 rings (SSSR count). The maximum atomic E-state index is 10.1. The monoisotopic (exact) mass is 450 g/mol. The van der Waals surface area contributed by atoms with Crippen molar-refractivity contribution in [3.8, 4) is 5.75 Å². The number of aryl methyl sites for hydroxylation is 1. The van der Waals surface area contributed by atoms with Crippen LogP contribution >= 0.6 is 0 Å². The molecule has 34 heavy (non-hydrogen) atoms. The number of allylic oxidation sites excluding steroid dienone is 11.